The topological polar surface area (TPSA) is 88.5 Å². The standard InChI is InChI=1S/C22H16ClN4O4S/c1-30-14-8-6-13(7-9-14)27-21(28)19-17(10-11-32-19)26(22(27)29)12-18-24-20(25-31-18)15-4-2-3-5-16(15)23/h2-11,19H,12H2,1H3/q+1. The number of fused-ring (bicyclic) bond motifs is 1. The van der Waals surface area contributed by atoms with E-state index in [1.54, 1.807) is 55.0 Å². The molecule has 2 aliphatic rings. The molecule has 0 spiro atoms. The molecular weight excluding hydrogens is 452 g/mol. The predicted molar refractivity (Wildman–Crippen MR) is 120 cm³/mol. The van der Waals surface area contributed by atoms with Gasteiger partial charge in [-0.1, -0.05) is 28.9 Å². The third-order valence-corrected chi connectivity index (χ3v) is 6.45. The second-order valence-electron chi connectivity index (χ2n) is 6.98. The van der Waals surface area contributed by atoms with Gasteiger partial charge in [-0.2, -0.15) is 14.4 Å². The number of thioether (sulfide) groups is 1. The van der Waals surface area contributed by atoms with E-state index in [-0.39, 0.29) is 18.3 Å². The van der Waals surface area contributed by atoms with Crippen LogP contribution in [0.3, 0.4) is 0 Å². The average Bonchev–Trinajstić information content (AvgIpc) is 3.48. The van der Waals surface area contributed by atoms with Gasteiger partial charge in [0.25, 0.3) is 5.89 Å². The number of anilines is 1. The van der Waals surface area contributed by atoms with Crippen LogP contribution in [0.1, 0.15) is 5.89 Å². The highest BCUT2D eigenvalue weighted by molar-refractivity contribution is 8.04. The number of methoxy groups -OCH3 is 1. The smallest absolute Gasteiger partial charge is 0.497 e. The van der Waals surface area contributed by atoms with Crippen LogP contribution < -0.4 is 9.64 Å². The zero-order chi connectivity index (χ0) is 22.2. The molecule has 8 nitrogen and oxygen atoms in total. The Morgan fingerprint density at radius 2 is 1.97 bits per heavy atom. The summed E-state index contributed by atoms with van der Waals surface area (Å²) in [5, 5.41) is 5.77. The van der Waals surface area contributed by atoms with Crippen LogP contribution in [0.4, 0.5) is 10.5 Å². The number of nitrogens with zero attached hydrogens (tertiary/aromatic N) is 4. The molecule has 1 atom stereocenters. The van der Waals surface area contributed by atoms with Crippen LogP contribution in [0, 0.1) is 0 Å². The van der Waals surface area contributed by atoms with Crippen molar-refractivity contribution in [2.45, 2.75) is 11.8 Å². The van der Waals surface area contributed by atoms with E-state index in [0.717, 1.165) is 0 Å². The summed E-state index contributed by atoms with van der Waals surface area (Å²) in [7, 11) is 1.55. The summed E-state index contributed by atoms with van der Waals surface area (Å²) in [4.78, 5) is 32.1. The number of imide groups is 1. The Morgan fingerprint density at radius 1 is 1.19 bits per heavy atom. The monoisotopic (exact) mass is 467 g/mol. The first-order valence-electron chi connectivity index (χ1n) is 9.62. The van der Waals surface area contributed by atoms with E-state index >= 15 is 0 Å². The van der Waals surface area contributed by atoms with E-state index in [9.17, 15) is 9.59 Å². The molecule has 3 amide bonds. The van der Waals surface area contributed by atoms with Crippen molar-refractivity contribution in [1.29, 1.82) is 0 Å². The molecule has 2 aliphatic heterocycles. The molecule has 32 heavy (non-hydrogen) atoms. The molecule has 0 saturated heterocycles. The molecule has 2 aromatic carbocycles. The van der Waals surface area contributed by atoms with Crippen molar-refractivity contribution in [3.8, 4) is 17.1 Å². The van der Waals surface area contributed by atoms with Crippen molar-refractivity contribution in [3.63, 3.8) is 0 Å². The first kappa shape index (κ1) is 20.5. The minimum atomic E-state index is -0.527. The molecule has 0 fully saturated rings. The van der Waals surface area contributed by atoms with Gasteiger partial charge in [0.1, 0.15) is 17.1 Å². The molecule has 1 unspecified atom stereocenters. The van der Waals surface area contributed by atoms with Crippen LogP contribution in [0.15, 0.2) is 64.5 Å². The van der Waals surface area contributed by atoms with E-state index in [4.69, 9.17) is 20.9 Å². The quantitative estimate of drug-likeness (QED) is 0.521. The normalized spacial score (nSPS) is 17.8. The molecule has 0 saturated carbocycles. The average molecular weight is 468 g/mol. The van der Waals surface area contributed by atoms with Crippen LogP contribution in [-0.4, -0.2) is 44.7 Å². The summed E-state index contributed by atoms with van der Waals surface area (Å²) in [6.07, 6.45) is 1.77. The summed E-state index contributed by atoms with van der Waals surface area (Å²) >= 11 is 7.57. The highest BCUT2D eigenvalue weighted by Crippen LogP contribution is 2.32. The van der Waals surface area contributed by atoms with Crippen molar-refractivity contribution < 1.29 is 23.4 Å². The summed E-state index contributed by atoms with van der Waals surface area (Å²) in [5.74, 6) is 0.887. The zero-order valence-corrected chi connectivity index (χ0v) is 18.3. The molecule has 0 N–H and O–H groups in total. The van der Waals surface area contributed by atoms with Crippen molar-refractivity contribution >= 4 is 46.7 Å². The van der Waals surface area contributed by atoms with Crippen LogP contribution in [0.2, 0.25) is 5.02 Å². The zero-order valence-electron chi connectivity index (χ0n) is 16.8. The van der Waals surface area contributed by atoms with Crippen molar-refractivity contribution in [2.24, 2.45) is 0 Å². The Labute approximate surface area is 192 Å². The number of benzene rings is 2. The number of hydrogen-bond acceptors (Lipinski definition) is 7. The Balaban J connectivity index is 1.49. The predicted octanol–water partition coefficient (Wildman–Crippen LogP) is 4.15. The summed E-state index contributed by atoms with van der Waals surface area (Å²) in [6.45, 7) is 0.0208. The molecule has 0 bridgehead atoms. The Bertz CT molecular complexity index is 1290. The fourth-order valence-corrected chi connectivity index (χ4v) is 4.70. The Hall–Kier alpha value is -3.43. The first-order chi connectivity index (χ1) is 15.6. The second-order valence-corrected chi connectivity index (χ2v) is 8.40. The van der Waals surface area contributed by atoms with Gasteiger partial charge in [-0.15, -0.1) is 16.7 Å². The first-order valence-corrected chi connectivity index (χ1v) is 10.9. The van der Waals surface area contributed by atoms with Crippen LogP contribution in [0.5, 0.6) is 5.75 Å². The lowest BCUT2D eigenvalue weighted by atomic mass is 10.1. The maximum absolute atomic E-state index is 13.4. The summed E-state index contributed by atoms with van der Waals surface area (Å²) in [6, 6.07) is 13.4. The number of hydrogen-bond donors (Lipinski definition) is 0. The number of amides is 3. The fraction of sp³-hybridized carbons (Fsp3) is 0.136. The molecule has 0 radical (unpaired) electrons. The number of rotatable bonds is 5. The Kier molecular flexibility index (Phi) is 5.28. The van der Waals surface area contributed by atoms with Gasteiger partial charge in [-0.3, -0.25) is 0 Å². The Morgan fingerprint density at radius 3 is 2.72 bits per heavy atom. The third kappa shape index (κ3) is 3.49. The van der Waals surface area contributed by atoms with E-state index in [1.807, 2.05) is 12.1 Å². The van der Waals surface area contributed by atoms with Crippen molar-refractivity contribution in [2.75, 3.05) is 12.0 Å². The molecule has 3 heterocycles. The van der Waals surface area contributed by atoms with E-state index in [1.165, 1.54) is 21.2 Å². The van der Waals surface area contributed by atoms with Gasteiger partial charge in [0.2, 0.25) is 5.82 Å². The van der Waals surface area contributed by atoms with Gasteiger partial charge < -0.3 is 9.26 Å². The van der Waals surface area contributed by atoms with Crippen molar-refractivity contribution in [3.05, 3.63) is 70.9 Å². The summed E-state index contributed by atoms with van der Waals surface area (Å²) < 4.78 is 12.0. The molecule has 10 heteroatoms. The summed E-state index contributed by atoms with van der Waals surface area (Å²) in [5.41, 5.74) is 1.68. The molecule has 5 rings (SSSR count). The van der Waals surface area contributed by atoms with E-state index in [2.05, 4.69) is 10.1 Å². The lowest BCUT2D eigenvalue weighted by Gasteiger charge is -2.23. The number of halogens is 1. The van der Waals surface area contributed by atoms with E-state index in [0.29, 0.717) is 33.6 Å². The van der Waals surface area contributed by atoms with Crippen LogP contribution in [-0.2, 0) is 11.3 Å². The number of aromatic nitrogens is 2. The molecular formula is C22H16ClN4O4S+. The van der Waals surface area contributed by atoms with Gasteiger partial charge in [-0.05, 0) is 47.9 Å². The minimum Gasteiger partial charge on any atom is -0.497 e. The molecule has 0 aliphatic carbocycles. The van der Waals surface area contributed by atoms with Gasteiger partial charge in [-0.25, -0.2) is 4.79 Å². The van der Waals surface area contributed by atoms with E-state index < -0.39 is 11.3 Å². The van der Waals surface area contributed by atoms with Crippen molar-refractivity contribution in [1.82, 2.24) is 10.1 Å². The van der Waals surface area contributed by atoms with Gasteiger partial charge in [0.15, 0.2) is 11.8 Å². The highest BCUT2D eigenvalue weighted by Gasteiger charge is 2.50. The van der Waals surface area contributed by atoms with Gasteiger partial charge in [0.05, 0.1) is 12.1 Å². The fourth-order valence-electron chi connectivity index (χ4n) is 3.54. The van der Waals surface area contributed by atoms with Crippen LogP contribution >= 0.6 is 23.4 Å². The lowest BCUT2D eigenvalue weighted by Crippen LogP contribution is -2.55. The van der Waals surface area contributed by atoms with Gasteiger partial charge in [0, 0.05) is 5.56 Å². The van der Waals surface area contributed by atoms with Crippen LogP contribution in [0.25, 0.3) is 11.4 Å². The second kappa shape index (κ2) is 8.25. The molecule has 1 aromatic heterocycles. The number of allylic oxidation sites excluding steroid dienone is 1. The number of carbonyl (C=O) groups is 2. The maximum atomic E-state index is 13.4. The molecule has 160 valence electrons. The largest absolute Gasteiger partial charge is 0.506 e. The molecule has 3 aromatic rings. The maximum Gasteiger partial charge on any atom is 0.506 e. The number of urea groups is 1. The number of ether oxygens (including phenoxy) is 1. The van der Waals surface area contributed by atoms with Gasteiger partial charge >= 0.3 is 11.9 Å². The third-order valence-electron chi connectivity index (χ3n) is 5.11. The minimum absolute atomic E-state index is 0.0208. The highest BCUT2D eigenvalue weighted by atomic mass is 35.5. The SMILES string of the molecule is COc1ccc(N2C(=O)C3SC=CC3=[N+](Cc3nc(-c4ccccc4Cl)no3)C2=O)cc1. The lowest BCUT2D eigenvalue weighted by molar-refractivity contribution is -0.448. The number of carbonyl (C=O) groups excluding carboxylic acids is 2.